The van der Waals surface area contributed by atoms with Gasteiger partial charge < -0.3 is 10.6 Å². The molecule has 22 heavy (non-hydrogen) atoms. The van der Waals surface area contributed by atoms with Crippen molar-refractivity contribution >= 4 is 17.1 Å². The van der Waals surface area contributed by atoms with E-state index in [0.717, 1.165) is 12.1 Å². The molecule has 0 saturated carbocycles. The first-order chi connectivity index (χ1) is 10.6. The zero-order chi connectivity index (χ0) is 15.9. The quantitative estimate of drug-likeness (QED) is 0.670. The van der Waals surface area contributed by atoms with Crippen LogP contribution >= 0.6 is 0 Å². The minimum absolute atomic E-state index is 0.498. The van der Waals surface area contributed by atoms with Crippen LogP contribution in [0, 0.1) is 5.92 Å². The number of rotatable bonds is 7. The van der Waals surface area contributed by atoms with Crippen LogP contribution in [0.1, 0.15) is 39.7 Å². The highest BCUT2D eigenvalue weighted by Gasteiger charge is 2.07. The number of benzene rings is 2. The van der Waals surface area contributed by atoms with Gasteiger partial charge in [0, 0.05) is 23.1 Å². The van der Waals surface area contributed by atoms with Crippen LogP contribution in [0.15, 0.2) is 48.5 Å². The monoisotopic (exact) mass is 296 g/mol. The van der Waals surface area contributed by atoms with E-state index in [1.54, 1.807) is 0 Å². The van der Waals surface area contributed by atoms with Gasteiger partial charge in [0.05, 0.1) is 0 Å². The SMILES string of the molecule is CCc1cc(NC(C)CC(C)C)ccc1Nc1ccccc1. The molecule has 0 aromatic heterocycles. The lowest BCUT2D eigenvalue weighted by molar-refractivity contribution is 0.540. The molecule has 0 bridgehead atoms. The molecule has 2 nitrogen and oxygen atoms in total. The van der Waals surface area contributed by atoms with Gasteiger partial charge in [-0.25, -0.2) is 0 Å². The highest BCUT2D eigenvalue weighted by molar-refractivity contribution is 5.66. The Morgan fingerprint density at radius 1 is 0.909 bits per heavy atom. The van der Waals surface area contributed by atoms with Crippen LogP contribution in [0.4, 0.5) is 17.1 Å². The Balaban J connectivity index is 2.10. The van der Waals surface area contributed by atoms with Gasteiger partial charge in [0.1, 0.15) is 0 Å². The Morgan fingerprint density at radius 3 is 2.27 bits per heavy atom. The molecule has 0 heterocycles. The van der Waals surface area contributed by atoms with Crippen molar-refractivity contribution in [2.75, 3.05) is 10.6 Å². The summed E-state index contributed by atoms with van der Waals surface area (Å²) in [5.74, 6) is 0.715. The maximum atomic E-state index is 3.61. The van der Waals surface area contributed by atoms with Gasteiger partial charge in [-0.15, -0.1) is 0 Å². The number of anilines is 3. The third kappa shape index (κ3) is 4.80. The molecule has 2 aromatic carbocycles. The van der Waals surface area contributed by atoms with E-state index in [0.29, 0.717) is 12.0 Å². The highest BCUT2D eigenvalue weighted by Crippen LogP contribution is 2.25. The molecule has 1 unspecified atom stereocenters. The zero-order valence-corrected chi connectivity index (χ0v) is 14.2. The van der Waals surface area contributed by atoms with E-state index in [-0.39, 0.29) is 0 Å². The zero-order valence-electron chi connectivity index (χ0n) is 14.2. The van der Waals surface area contributed by atoms with Crippen LogP contribution in [0.5, 0.6) is 0 Å². The lowest BCUT2D eigenvalue weighted by Gasteiger charge is -2.19. The summed E-state index contributed by atoms with van der Waals surface area (Å²) < 4.78 is 0. The largest absolute Gasteiger partial charge is 0.383 e. The number of nitrogens with one attached hydrogen (secondary N) is 2. The van der Waals surface area contributed by atoms with Crippen molar-refractivity contribution in [1.82, 2.24) is 0 Å². The van der Waals surface area contributed by atoms with Crippen molar-refractivity contribution in [3.8, 4) is 0 Å². The van der Waals surface area contributed by atoms with Crippen molar-refractivity contribution in [1.29, 1.82) is 0 Å². The van der Waals surface area contributed by atoms with E-state index in [1.165, 1.54) is 23.4 Å². The number of hydrogen-bond donors (Lipinski definition) is 2. The Labute approximate surface area is 135 Å². The van der Waals surface area contributed by atoms with Gasteiger partial charge in [-0.05, 0) is 61.6 Å². The Kier molecular flexibility index (Phi) is 5.88. The molecular formula is C20H28N2. The number of aryl methyl sites for hydroxylation is 1. The van der Waals surface area contributed by atoms with Crippen LogP contribution in [0.25, 0.3) is 0 Å². The number of hydrogen-bond acceptors (Lipinski definition) is 2. The summed E-state index contributed by atoms with van der Waals surface area (Å²) in [6.07, 6.45) is 2.20. The van der Waals surface area contributed by atoms with E-state index in [1.807, 2.05) is 6.07 Å². The molecule has 118 valence electrons. The summed E-state index contributed by atoms with van der Waals surface area (Å²) in [5.41, 5.74) is 4.87. The summed E-state index contributed by atoms with van der Waals surface area (Å²) in [4.78, 5) is 0. The Hall–Kier alpha value is -1.96. The minimum Gasteiger partial charge on any atom is -0.383 e. The molecule has 2 N–H and O–H groups in total. The molecule has 0 aliphatic heterocycles. The molecule has 0 saturated heterocycles. The second-order valence-electron chi connectivity index (χ2n) is 6.39. The molecule has 2 heteroatoms. The molecule has 0 radical (unpaired) electrons. The average molecular weight is 296 g/mol. The molecular weight excluding hydrogens is 268 g/mol. The lowest BCUT2D eigenvalue weighted by Crippen LogP contribution is -2.17. The van der Waals surface area contributed by atoms with Gasteiger partial charge >= 0.3 is 0 Å². The summed E-state index contributed by atoms with van der Waals surface area (Å²) in [6.45, 7) is 8.99. The van der Waals surface area contributed by atoms with Crippen LogP contribution in [-0.4, -0.2) is 6.04 Å². The lowest BCUT2D eigenvalue weighted by atomic mass is 10.0. The standard InChI is InChI=1S/C20H28N2/c1-5-17-14-19(21-16(4)13-15(2)3)11-12-20(17)22-18-9-7-6-8-10-18/h6-12,14-16,21-22H,5,13H2,1-4H3. The van der Waals surface area contributed by atoms with Crippen molar-refractivity contribution < 1.29 is 0 Å². The van der Waals surface area contributed by atoms with Gasteiger partial charge in [0.25, 0.3) is 0 Å². The summed E-state index contributed by atoms with van der Waals surface area (Å²) >= 11 is 0. The van der Waals surface area contributed by atoms with Crippen LogP contribution in [0.3, 0.4) is 0 Å². The average Bonchev–Trinajstić information content (AvgIpc) is 2.49. The van der Waals surface area contributed by atoms with Crippen LogP contribution in [-0.2, 0) is 6.42 Å². The fourth-order valence-electron chi connectivity index (χ4n) is 2.83. The number of para-hydroxylation sites is 1. The van der Waals surface area contributed by atoms with Crippen molar-refractivity contribution in [2.24, 2.45) is 5.92 Å². The molecule has 1 atom stereocenters. The van der Waals surface area contributed by atoms with E-state index in [2.05, 4.69) is 80.8 Å². The van der Waals surface area contributed by atoms with Crippen LogP contribution < -0.4 is 10.6 Å². The fraction of sp³-hybridized carbons (Fsp3) is 0.400. The molecule has 2 aromatic rings. The highest BCUT2D eigenvalue weighted by atomic mass is 14.9. The van der Waals surface area contributed by atoms with Gasteiger partial charge in [0.15, 0.2) is 0 Å². The first kappa shape index (κ1) is 16.4. The Morgan fingerprint density at radius 2 is 1.64 bits per heavy atom. The molecule has 0 spiro atoms. The van der Waals surface area contributed by atoms with Gasteiger partial charge in [0.2, 0.25) is 0 Å². The normalized spacial score (nSPS) is 12.2. The summed E-state index contributed by atoms with van der Waals surface area (Å²) in [7, 11) is 0. The van der Waals surface area contributed by atoms with E-state index < -0.39 is 0 Å². The van der Waals surface area contributed by atoms with Gasteiger partial charge in [-0.2, -0.15) is 0 Å². The van der Waals surface area contributed by atoms with Gasteiger partial charge in [-0.3, -0.25) is 0 Å². The molecule has 0 fully saturated rings. The third-order valence-corrected chi connectivity index (χ3v) is 3.78. The van der Waals surface area contributed by atoms with Crippen LogP contribution in [0.2, 0.25) is 0 Å². The fourth-order valence-corrected chi connectivity index (χ4v) is 2.83. The van der Waals surface area contributed by atoms with Gasteiger partial charge in [-0.1, -0.05) is 39.0 Å². The van der Waals surface area contributed by atoms with Crippen molar-refractivity contribution in [2.45, 2.75) is 46.6 Å². The molecule has 0 amide bonds. The van der Waals surface area contributed by atoms with Crippen molar-refractivity contribution in [3.05, 3.63) is 54.1 Å². The maximum absolute atomic E-state index is 3.61. The van der Waals surface area contributed by atoms with E-state index >= 15 is 0 Å². The second kappa shape index (κ2) is 7.88. The first-order valence-corrected chi connectivity index (χ1v) is 8.30. The third-order valence-electron chi connectivity index (χ3n) is 3.78. The molecule has 2 rings (SSSR count). The molecule has 0 aliphatic carbocycles. The smallest absolute Gasteiger partial charge is 0.0418 e. The predicted octanol–water partition coefficient (Wildman–Crippen LogP) is 5.84. The first-order valence-electron chi connectivity index (χ1n) is 8.30. The minimum atomic E-state index is 0.498. The van der Waals surface area contributed by atoms with E-state index in [4.69, 9.17) is 0 Å². The van der Waals surface area contributed by atoms with E-state index in [9.17, 15) is 0 Å². The van der Waals surface area contributed by atoms with Crippen molar-refractivity contribution in [3.63, 3.8) is 0 Å². The second-order valence-corrected chi connectivity index (χ2v) is 6.39. The maximum Gasteiger partial charge on any atom is 0.0418 e. The predicted molar refractivity (Wildman–Crippen MR) is 98.1 cm³/mol. The molecule has 0 aliphatic rings. The Bertz CT molecular complexity index is 576. The summed E-state index contributed by atoms with van der Waals surface area (Å²) in [5, 5.41) is 7.12. The topological polar surface area (TPSA) is 24.1 Å². The summed E-state index contributed by atoms with van der Waals surface area (Å²) in [6, 6.07) is 17.4.